The molecule has 2 N–H and O–H groups in total. The SMILES string of the molecule is COCCNCC(=O)NCC1CCC1.Cl. The molecule has 1 fully saturated rings. The van der Waals surface area contributed by atoms with Crippen molar-refractivity contribution in [2.75, 3.05) is 33.4 Å². The Kier molecular flexibility index (Phi) is 8.76. The van der Waals surface area contributed by atoms with Gasteiger partial charge in [0.2, 0.25) is 5.91 Å². The smallest absolute Gasteiger partial charge is 0.233 e. The zero-order valence-electron chi connectivity index (χ0n) is 9.25. The molecule has 0 atom stereocenters. The molecule has 1 rings (SSSR count). The number of nitrogens with one attached hydrogen (secondary N) is 2. The third kappa shape index (κ3) is 6.71. The lowest BCUT2D eigenvalue weighted by atomic mass is 9.85. The van der Waals surface area contributed by atoms with Gasteiger partial charge in [0.25, 0.3) is 0 Å². The number of ether oxygens (including phenoxy) is 1. The van der Waals surface area contributed by atoms with Crippen LogP contribution in [0.4, 0.5) is 0 Å². The molecule has 0 aromatic heterocycles. The zero-order valence-corrected chi connectivity index (χ0v) is 10.1. The summed E-state index contributed by atoms with van der Waals surface area (Å²) in [6, 6.07) is 0. The number of halogens is 1. The monoisotopic (exact) mass is 236 g/mol. The summed E-state index contributed by atoms with van der Waals surface area (Å²) in [6.45, 7) is 2.63. The van der Waals surface area contributed by atoms with Crippen molar-refractivity contribution in [2.45, 2.75) is 19.3 Å². The predicted molar refractivity (Wildman–Crippen MR) is 62.3 cm³/mol. The van der Waals surface area contributed by atoms with Gasteiger partial charge >= 0.3 is 0 Å². The minimum atomic E-state index is 0. The minimum Gasteiger partial charge on any atom is -0.383 e. The van der Waals surface area contributed by atoms with Gasteiger partial charge in [-0.25, -0.2) is 0 Å². The largest absolute Gasteiger partial charge is 0.383 e. The molecule has 0 radical (unpaired) electrons. The van der Waals surface area contributed by atoms with Crippen LogP contribution in [0.3, 0.4) is 0 Å². The summed E-state index contributed by atoms with van der Waals surface area (Å²) in [5.41, 5.74) is 0. The molecule has 15 heavy (non-hydrogen) atoms. The van der Waals surface area contributed by atoms with E-state index in [2.05, 4.69) is 10.6 Å². The van der Waals surface area contributed by atoms with Crippen molar-refractivity contribution < 1.29 is 9.53 Å². The van der Waals surface area contributed by atoms with Crippen LogP contribution in [-0.2, 0) is 9.53 Å². The van der Waals surface area contributed by atoms with Crippen LogP contribution in [0.2, 0.25) is 0 Å². The summed E-state index contributed by atoms with van der Waals surface area (Å²) < 4.78 is 4.85. The molecule has 90 valence electrons. The van der Waals surface area contributed by atoms with Crippen LogP contribution < -0.4 is 10.6 Å². The van der Waals surface area contributed by atoms with Crippen molar-refractivity contribution >= 4 is 18.3 Å². The van der Waals surface area contributed by atoms with Gasteiger partial charge in [0.15, 0.2) is 0 Å². The Morgan fingerprint density at radius 3 is 2.73 bits per heavy atom. The Morgan fingerprint density at radius 1 is 1.47 bits per heavy atom. The van der Waals surface area contributed by atoms with Crippen LogP contribution in [-0.4, -0.2) is 39.3 Å². The maximum absolute atomic E-state index is 11.2. The standard InChI is InChI=1S/C10H20N2O2.ClH/c1-14-6-5-11-8-10(13)12-7-9-3-2-4-9;/h9,11H,2-8H2,1H3,(H,12,13);1H. The zero-order chi connectivity index (χ0) is 10.2. The first-order valence-corrected chi connectivity index (χ1v) is 5.29. The van der Waals surface area contributed by atoms with E-state index in [1.165, 1.54) is 19.3 Å². The topological polar surface area (TPSA) is 50.4 Å². The fourth-order valence-corrected chi connectivity index (χ4v) is 1.39. The second-order valence-electron chi connectivity index (χ2n) is 3.77. The highest BCUT2D eigenvalue weighted by molar-refractivity contribution is 5.85. The lowest BCUT2D eigenvalue weighted by Crippen LogP contribution is -2.38. The molecule has 0 saturated heterocycles. The molecule has 0 bridgehead atoms. The van der Waals surface area contributed by atoms with Crippen molar-refractivity contribution in [3.63, 3.8) is 0 Å². The summed E-state index contributed by atoms with van der Waals surface area (Å²) in [7, 11) is 1.65. The van der Waals surface area contributed by atoms with E-state index in [9.17, 15) is 4.79 Å². The summed E-state index contributed by atoms with van der Waals surface area (Å²) in [4.78, 5) is 11.2. The molecule has 0 aromatic rings. The van der Waals surface area contributed by atoms with Crippen molar-refractivity contribution in [3.8, 4) is 0 Å². The van der Waals surface area contributed by atoms with Crippen LogP contribution in [0.5, 0.6) is 0 Å². The Bertz CT molecular complexity index is 175. The third-order valence-corrected chi connectivity index (χ3v) is 2.58. The van der Waals surface area contributed by atoms with E-state index in [1.807, 2.05) is 0 Å². The highest BCUT2D eigenvalue weighted by atomic mass is 35.5. The van der Waals surface area contributed by atoms with Gasteiger partial charge in [-0.2, -0.15) is 0 Å². The van der Waals surface area contributed by atoms with E-state index < -0.39 is 0 Å². The average Bonchev–Trinajstić information content (AvgIpc) is 2.10. The number of methoxy groups -OCH3 is 1. The van der Waals surface area contributed by atoms with Crippen LogP contribution in [0.25, 0.3) is 0 Å². The molecule has 0 unspecified atom stereocenters. The molecule has 0 aliphatic heterocycles. The lowest BCUT2D eigenvalue weighted by molar-refractivity contribution is -0.120. The van der Waals surface area contributed by atoms with Gasteiger partial charge in [-0.05, 0) is 18.8 Å². The van der Waals surface area contributed by atoms with Gasteiger partial charge in [-0.3, -0.25) is 4.79 Å². The molecule has 0 spiro atoms. The van der Waals surface area contributed by atoms with Gasteiger partial charge in [-0.1, -0.05) is 6.42 Å². The second kappa shape index (κ2) is 8.95. The van der Waals surface area contributed by atoms with Crippen LogP contribution in [0.1, 0.15) is 19.3 Å². The summed E-state index contributed by atoms with van der Waals surface area (Å²) in [6.07, 6.45) is 3.88. The quantitative estimate of drug-likeness (QED) is 0.636. The first-order chi connectivity index (χ1) is 6.83. The Morgan fingerprint density at radius 2 is 2.20 bits per heavy atom. The van der Waals surface area contributed by atoms with Gasteiger partial charge in [0.05, 0.1) is 13.2 Å². The van der Waals surface area contributed by atoms with E-state index in [-0.39, 0.29) is 18.3 Å². The van der Waals surface area contributed by atoms with Crippen molar-refractivity contribution in [1.82, 2.24) is 10.6 Å². The van der Waals surface area contributed by atoms with E-state index in [0.717, 1.165) is 19.0 Å². The van der Waals surface area contributed by atoms with Crippen LogP contribution >= 0.6 is 12.4 Å². The number of hydrogen-bond acceptors (Lipinski definition) is 3. The third-order valence-electron chi connectivity index (χ3n) is 2.58. The molecule has 1 aliphatic carbocycles. The normalized spacial score (nSPS) is 15.3. The Hall–Kier alpha value is -0.320. The molecule has 1 saturated carbocycles. The number of amides is 1. The fourth-order valence-electron chi connectivity index (χ4n) is 1.39. The number of carbonyl (C=O) groups excluding carboxylic acids is 1. The second-order valence-corrected chi connectivity index (χ2v) is 3.77. The Balaban J connectivity index is 0.00000196. The molecular weight excluding hydrogens is 216 g/mol. The lowest BCUT2D eigenvalue weighted by Gasteiger charge is -2.25. The van der Waals surface area contributed by atoms with Crippen LogP contribution in [0, 0.1) is 5.92 Å². The van der Waals surface area contributed by atoms with Crippen LogP contribution in [0.15, 0.2) is 0 Å². The van der Waals surface area contributed by atoms with Crippen molar-refractivity contribution in [2.24, 2.45) is 5.92 Å². The number of rotatable bonds is 7. The predicted octanol–water partition coefficient (Wildman–Crippen LogP) is 0.560. The molecule has 0 aromatic carbocycles. The minimum absolute atomic E-state index is 0. The molecule has 1 amide bonds. The first kappa shape index (κ1) is 14.7. The van der Waals surface area contributed by atoms with Gasteiger partial charge < -0.3 is 15.4 Å². The molecule has 0 heterocycles. The summed E-state index contributed by atoms with van der Waals surface area (Å²) in [5.74, 6) is 0.825. The number of carbonyl (C=O) groups is 1. The molecule has 4 nitrogen and oxygen atoms in total. The fraction of sp³-hybridized carbons (Fsp3) is 0.900. The Labute approximate surface area is 97.5 Å². The van der Waals surface area contributed by atoms with E-state index >= 15 is 0 Å². The highest BCUT2D eigenvalue weighted by Crippen LogP contribution is 2.24. The molecule has 5 heteroatoms. The van der Waals surface area contributed by atoms with Crippen molar-refractivity contribution in [1.29, 1.82) is 0 Å². The summed E-state index contributed by atoms with van der Waals surface area (Å²) >= 11 is 0. The van der Waals surface area contributed by atoms with Gasteiger partial charge in [0.1, 0.15) is 0 Å². The molecule has 1 aliphatic rings. The first-order valence-electron chi connectivity index (χ1n) is 5.29. The van der Waals surface area contributed by atoms with E-state index in [0.29, 0.717) is 13.2 Å². The number of hydrogen-bond donors (Lipinski definition) is 2. The van der Waals surface area contributed by atoms with Gasteiger partial charge in [0, 0.05) is 20.2 Å². The van der Waals surface area contributed by atoms with Crippen molar-refractivity contribution in [3.05, 3.63) is 0 Å². The van der Waals surface area contributed by atoms with E-state index in [4.69, 9.17) is 4.74 Å². The highest BCUT2D eigenvalue weighted by Gasteiger charge is 2.17. The maximum Gasteiger partial charge on any atom is 0.233 e. The van der Waals surface area contributed by atoms with Gasteiger partial charge in [-0.15, -0.1) is 12.4 Å². The summed E-state index contributed by atoms with van der Waals surface area (Å²) in [5, 5.41) is 5.93. The average molecular weight is 237 g/mol. The molecular formula is C10H21ClN2O2. The van der Waals surface area contributed by atoms with E-state index in [1.54, 1.807) is 7.11 Å². The maximum atomic E-state index is 11.2.